The summed E-state index contributed by atoms with van der Waals surface area (Å²) in [5, 5.41) is 1.26. The summed E-state index contributed by atoms with van der Waals surface area (Å²) in [6.07, 6.45) is 0.795. The molecule has 1 amide bonds. The monoisotopic (exact) mass is 345 g/mol. The predicted molar refractivity (Wildman–Crippen MR) is 75.8 cm³/mol. The van der Waals surface area contributed by atoms with E-state index in [-0.39, 0.29) is 5.91 Å². The molecule has 6 heteroatoms. The van der Waals surface area contributed by atoms with E-state index in [9.17, 15) is 4.79 Å². The van der Waals surface area contributed by atoms with Crippen LogP contribution in [0.3, 0.4) is 0 Å². The highest BCUT2D eigenvalue weighted by Gasteiger charge is 2.54. The number of fused-ring (bicyclic) bond motifs is 2. The minimum absolute atomic E-state index is 0.163. The van der Waals surface area contributed by atoms with E-state index in [1.54, 1.807) is 17.0 Å². The number of ether oxygens (including phenoxy) is 2. The van der Waals surface area contributed by atoms with Crippen LogP contribution in [0.5, 0.6) is 0 Å². The fraction of sp³-hybridized carbons (Fsp3) is 0.462. The second kappa shape index (κ2) is 5.05. The van der Waals surface area contributed by atoms with E-state index < -0.39 is 5.79 Å². The summed E-state index contributed by atoms with van der Waals surface area (Å²) < 4.78 is 11.4. The molecule has 0 unspecified atom stereocenters. The summed E-state index contributed by atoms with van der Waals surface area (Å²) in [5.74, 6) is -1.45. The van der Waals surface area contributed by atoms with Crippen molar-refractivity contribution >= 4 is 39.1 Å². The Kier molecular flexibility index (Phi) is 3.55. The number of benzene rings is 1. The van der Waals surface area contributed by atoms with Crippen molar-refractivity contribution in [3.63, 3.8) is 0 Å². The standard InChI is InChI=1S/C13H13BrClNO3/c14-4-5-16-11-3-2-9(15)8-10(11)13(12(16)17)18-6-1-7-19-13/h2-3,8H,1,4-7H2. The van der Waals surface area contributed by atoms with E-state index in [1.165, 1.54) is 0 Å². The normalized spacial score (nSPS) is 20.9. The Morgan fingerprint density at radius 3 is 2.79 bits per heavy atom. The van der Waals surface area contributed by atoms with Crippen LogP contribution in [0.1, 0.15) is 12.0 Å². The van der Waals surface area contributed by atoms with Gasteiger partial charge in [0.1, 0.15) is 0 Å². The Bertz CT molecular complexity index is 517. The van der Waals surface area contributed by atoms with E-state index >= 15 is 0 Å². The van der Waals surface area contributed by atoms with Crippen LogP contribution in [0.15, 0.2) is 18.2 Å². The fourth-order valence-corrected chi connectivity index (χ4v) is 3.05. The lowest BCUT2D eigenvalue weighted by Gasteiger charge is -2.32. The van der Waals surface area contributed by atoms with Gasteiger partial charge in [-0.15, -0.1) is 0 Å². The van der Waals surface area contributed by atoms with E-state index in [4.69, 9.17) is 21.1 Å². The fourth-order valence-electron chi connectivity index (χ4n) is 2.53. The van der Waals surface area contributed by atoms with Crippen LogP contribution >= 0.6 is 27.5 Å². The smallest absolute Gasteiger partial charge is 0.292 e. The summed E-state index contributed by atoms with van der Waals surface area (Å²) in [5.41, 5.74) is 1.53. The molecular weight excluding hydrogens is 334 g/mol. The summed E-state index contributed by atoms with van der Waals surface area (Å²) in [6.45, 7) is 1.60. The molecule has 1 aromatic carbocycles. The maximum atomic E-state index is 12.7. The zero-order valence-corrected chi connectivity index (χ0v) is 12.5. The molecule has 1 fully saturated rings. The lowest BCUT2D eigenvalue weighted by atomic mass is 10.1. The number of alkyl halides is 1. The molecule has 0 radical (unpaired) electrons. The van der Waals surface area contributed by atoms with Gasteiger partial charge in [0.2, 0.25) is 0 Å². The van der Waals surface area contributed by atoms with E-state index in [0.717, 1.165) is 12.1 Å². The van der Waals surface area contributed by atoms with Crippen LogP contribution in [-0.4, -0.2) is 31.0 Å². The molecule has 4 nitrogen and oxygen atoms in total. The summed E-state index contributed by atoms with van der Waals surface area (Å²) >= 11 is 9.41. The van der Waals surface area contributed by atoms with Crippen molar-refractivity contribution in [2.75, 3.05) is 30.0 Å². The van der Waals surface area contributed by atoms with Gasteiger partial charge in [0.15, 0.2) is 0 Å². The molecule has 0 aliphatic carbocycles. The third-order valence-corrected chi connectivity index (χ3v) is 3.93. The number of carbonyl (C=O) groups is 1. The molecule has 3 rings (SSSR count). The third-order valence-electron chi connectivity index (χ3n) is 3.34. The molecule has 2 aliphatic rings. The third kappa shape index (κ3) is 2.00. The van der Waals surface area contributed by atoms with Gasteiger partial charge < -0.3 is 14.4 Å². The van der Waals surface area contributed by atoms with Crippen molar-refractivity contribution in [1.29, 1.82) is 0 Å². The Morgan fingerprint density at radius 1 is 1.37 bits per heavy atom. The second-order valence-corrected chi connectivity index (χ2v) is 5.70. The van der Waals surface area contributed by atoms with Gasteiger partial charge in [0.25, 0.3) is 11.7 Å². The molecule has 0 aromatic heterocycles. The molecule has 1 saturated heterocycles. The van der Waals surface area contributed by atoms with Crippen molar-refractivity contribution in [3.8, 4) is 0 Å². The van der Waals surface area contributed by atoms with E-state index in [1.807, 2.05) is 6.07 Å². The maximum Gasteiger partial charge on any atom is 0.292 e. The molecule has 2 aliphatic heterocycles. The van der Waals surface area contributed by atoms with Crippen LogP contribution in [0, 0.1) is 0 Å². The van der Waals surface area contributed by atoms with Crippen LogP contribution in [0.2, 0.25) is 5.02 Å². The zero-order chi connectivity index (χ0) is 13.5. The first kappa shape index (κ1) is 13.4. The van der Waals surface area contributed by atoms with Gasteiger partial charge in [-0.05, 0) is 24.6 Å². The van der Waals surface area contributed by atoms with Crippen molar-refractivity contribution in [3.05, 3.63) is 28.8 Å². The minimum Gasteiger partial charge on any atom is -0.338 e. The first-order chi connectivity index (χ1) is 9.19. The van der Waals surface area contributed by atoms with Gasteiger partial charge in [0.05, 0.1) is 18.9 Å². The first-order valence-corrected chi connectivity index (χ1v) is 7.65. The van der Waals surface area contributed by atoms with Crippen molar-refractivity contribution in [2.45, 2.75) is 12.2 Å². The van der Waals surface area contributed by atoms with Crippen molar-refractivity contribution < 1.29 is 14.3 Å². The number of halogens is 2. The number of carbonyl (C=O) groups excluding carboxylic acids is 1. The van der Waals surface area contributed by atoms with Crippen molar-refractivity contribution in [1.82, 2.24) is 0 Å². The predicted octanol–water partition coefficient (Wildman–Crippen LogP) is 2.67. The zero-order valence-electron chi connectivity index (χ0n) is 10.2. The molecule has 1 aromatic rings. The summed E-state index contributed by atoms with van der Waals surface area (Å²) in [6, 6.07) is 5.37. The Morgan fingerprint density at radius 2 is 2.11 bits per heavy atom. The van der Waals surface area contributed by atoms with Gasteiger partial charge in [-0.1, -0.05) is 27.5 Å². The number of hydrogen-bond acceptors (Lipinski definition) is 3. The van der Waals surface area contributed by atoms with Crippen molar-refractivity contribution in [2.24, 2.45) is 0 Å². The number of hydrogen-bond donors (Lipinski definition) is 0. The molecule has 19 heavy (non-hydrogen) atoms. The van der Waals surface area contributed by atoms with Gasteiger partial charge in [-0.2, -0.15) is 0 Å². The highest BCUT2D eigenvalue weighted by Crippen LogP contribution is 2.46. The van der Waals surface area contributed by atoms with E-state index in [2.05, 4.69) is 15.9 Å². The number of rotatable bonds is 2. The molecular formula is C13H13BrClNO3. The van der Waals surface area contributed by atoms with Crippen LogP contribution in [-0.2, 0) is 20.1 Å². The quantitative estimate of drug-likeness (QED) is 0.773. The molecule has 0 bridgehead atoms. The van der Waals surface area contributed by atoms with Gasteiger partial charge in [0, 0.05) is 22.5 Å². The lowest BCUT2D eigenvalue weighted by molar-refractivity contribution is -0.256. The lowest BCUT2D eigenvalue weighted by Crippen LogP contribution is -2.47. The second-order valence-electron chi connectivity index (χ2n) is 4.47. The number of nitrogens with zero attached hydrogens (tertiary/aromatic N) is 1. The van der Waals surface area contributed by atoms with Gasteiger partial charge in [-0.25, -0.2) is 0 Å². The Balaban J connectivity index is 2.12. The average Bonchev–Trinajstić information content (AvgIpc) is 2.64. The summed E-state index contributed by atoms with van der Waals surface area (Å²) in [7, 11) is 0. The van der Waals surface area contributed by atoms with E-state index in [0.29, 0.717) is 35.7 Å². The highest BCUT2D eigenvalue weighted by atomic mass is 79.9. The maximum absolute atomic E-state index is 12.7. The Labute approximate surface area is 124 Å². The van der Waals surface area contributed by atoms with Crippen LogP contribution in [0.25, 0.3) is 0 Å². The molecule has 2 heterocycles. The topological polar surface area (TPSA) is 38.8 Å². The van der Waals surface area contributed by atoms with Crippen LogP contribution < -0.4 is 4.90 Å². The highest BCUT2D eigenvalue weighted by molar-refractivity contribution is 9.09. The first-order valence-electron chi connectivity index (χ1n) is 6.15. The number of amides is 1. The molecule has 0 atom stereocenters. The van der Waals surface area contributed by atoms with Gasteiger partial charge >= 0.3 is 0 Å². The number of anilines is 1. The molecule has 0 saturated carbocycles. The van der Waals surface area contributed by atoms with Crippen LogP contribution in [0.4, 0.5) is 5.69 Å². The Hall–Kier alpha value is -0.620. The SMILES string of the molecule is O=C1N(CCBr)c2ccc(Cl)cc2C12OCCCO2. The molecule has 102 valence electrons. The molecule has 0 N–H and O–H groups in total. The molecule has 1 spiro atoms. The average molecular weight is 347 g/mol. The minimum atomic E-state index is -1.29. The van der Waals surface area contributed by atoms with Gasteiger partial charge in [-0.3, -0.25) is 4.79 Å². The largest absolute Gasteiger partial charge is 0.338 e. The summed E-state index contributed by atoms with van der Waals surface area (Å²) in [4.78, 5) is 14.3.